The Kier molecular flexibility index (Phi) is 4.80. The number of nitrogens with two attached hydrogens (primary N) is 1. The van der Waals surface area contributed by atoms with E-state index in [2.05, 4.69) is 11.8 Å². The van der Waals surface area contributed by atoms with Crippen molar-refractivity contribution < 1.29 is 9.13 Å². The first-order chi connectivity index (χ1) is 9.19. The molecule has 1 aromatic heterocycles. The first-order valence-corrected chi connectivity index (χ1v) is 6.79. The zero-order valence-corrected chi connectivity index (χ0v) is 11.5. The van der Waals surface area contributed by atoms with Gasteiger partial charge in [-0.1, -0.05) is 23.4 Å². The van der Waals surface area contributed by atoms with E-state index < -0.39 is 0 Å². The summed E-state index contributed by atoms with van der Waals surface area (Å²) in [6.07, 6.45) is 0. The summed E-state index contributed by atoms with van der Waals surface area (Å²) in [4.78, 5) is 1.02. The van der Waals surface area contributed by atoms with E-state index in [1.165, 1.54) is 18.2 Å². The van der Waals surface area contributed by atoms with E-state index >= 15 is 0 Å². The quantitative estimate of drug-likeness (QED) is 0.881. The van der Waals surface area contributed by atoms with E-state index in [1.54, 1.807) is 11.3 Å². The van der Waals surface area contributed by atoms with Gasteiger partial charge in [-0.3, -0.25) is 0 Å². The number of halogens is 2. The van der Waals surface area contributed by atoms with Gasteiger partial charge in [-0.15, -0.1) is 11.3 Å². The molecule has 0 unspecified atom stereocenters. The van der Waals surface area contributed by atoms with Gasteiger partial charge >= 0.3 is 0 Å². The Bertz CT molecular complexity index is 630. The number of rotatable bonds is 3. The molecular formula is C14H11ClFNOS. The van der Waals surface area contributed by atoms with E-state index in [-0.39, 0.29) is 10.8 Å². The first kappa shape index (κ1) is 13.9. The molecule has 2 aromatic rings. The Morgan fingerprint density at radius 2 is 2.21 bits per heavy atom. The van der Waals surface area contributed by atoms with Gasteiger partial charge in [-0.05, 0) is 24.3 Å². The standard InChI is InChI=1S/C14H11ClFNOS/c15-13-7-11(16)3-4-14(13)18-8-12-6-10(9-19-12)2-1-5-17/h3-4,6-7,9H,5,8,17H2. The van der Waals surface area contributed by atoms with Gasteiger partial charge in [-0.25, -0.2) is 4.39 Å². The van der Waals surface area contributed by atoms with Crippen LogP contribution in [-0.4, -0.2) is 6.54 Å². The molecule has 0 saturated carbocycles. The smallest absolute Gasteiger partial charge is 0.138 e. The second kappa shape index (κ2) is 6.58. The molecule has 0 saturated heterocycles. The Labute approximate surface area is 120 Å². The summed E-state index contributed by atoms with van der Waals surface area (Å²) in [5, 5.41) is 2.20. The molecule has 1 aromatic carbocycles. The summed E-state index contributed by atoms with van der Waals surface area (Å²) in [6.45, 7) is 0.715. The molecule has 1 heterocycles. The third kappa shape index (κ3) is 3.97. The lowest BCUT2D eigenvalue weighted by Crippen LogP contribution is -1.94. The molecular weight excluding hydrogens is 285 g/mol. The SMILES string of the molecule is NCC#Cc1csc(COc2ccc(F)cc2Cl)c1. The van der Waals surface area contributed by atoms with Crippen molar-refractivity contribution >= 4 is 22.9 Å². The molecule has 98 valence electrons. The van der Waals surface area contributed by atoms with Crippen molar-refractivity contribution in [2.45, 2.75) is 6.61 Å². The van der Waals surface area contributed by atoms with Crippen molar-refractivity contribution in [3.8, 4) is 17.6 Å². The Morgan fingerprint density at radius 3 is 2.95 bits per heavy atom. The molecule has 19 heavy (non-hydrogen) atoms. The van der Waals surface area contributed by atoms with E-state index in [0.29, 0.717) is 18.9 Å². The van der Waals surface area contributed by atoms with E-state index in [9.17, 15) is 4.39 Å². The predicted molar refractivity (Wildman–Crippen MR) is 76.0 cm³/mol. The lowest BCUT2D eigenvalue weighted by Gasteiger charge is -2.06. The van der Waals surface area contributed by atoms with Crippen LogP contribution < -0.4 is 10.5 Å². The lowest BCUT2D eigenvalue weighted by molar-refractivity contribution is 0.309. The largest absolute Gasteiger partial charge is 0.487 e. The molecule has 0 atom stereocenters. The van der Waals surface area contributed by atoms with Gasteiger partial charge in [0.1, 0.15) is 18.2 Å². The van der Waals surface area contributed by atoms with Crippen molar-refractivity contribution in [3.05, 3.63) is 50.9 Å². The number of thiophene rings is 1. The topological polar surface area (TPSA) is 35.2 Å². The molecule has 0 aliphatic heterocycles. The summed E-state index contributed by atoms with van der Waals surface area (Å²) in [5.74, 6) is 5.82. The van der Waals surface area contributed by atoms with Gasteiger partial charge < -0.3 is 10.5 Å². The van der Waals surface area contributed by atoms with Gasteiger partial charge in [0.15, 0.2) is 0 Å². The third-order valence-corrected chi connectivity index (χ3v) is 3.46. The molecule has 0 aliphatic rings. The summed E-state index contributed by atoms with van der Waals surface area (Å²) in [6, 6.07) is 5.99. The second-order valence-electron chi connectivity index (χ2n) is 3.67. The number of hydrogen-bond acceptors (Lipinski definition) is 3. The van der Waals surface area contributed by atoms with Gasteiger partial charge in [0.05, 0.1) is 11.6 Å². The summed E-state index contributed by atoms with van der Waals surface area (Å²) in [5.41, 5.74) is 6.22. The van der Waals surface area contributed by atoms with Crippen LogP contribution in [0.2, 0.25) is 5.02 Å². The van der Waals surface area contributed by atoms with Crippen LogP contribution in [-0.2, 0) is 6.61 Å². The van der Waals surface area contributed by atoms with Crippen molar-refractivity contribution in [3.63, 3.8) is 0 Å². The highest BCUT2D eigenvalue weighted by molar-refractivity contribution is 7.10. The Hall–Kier alpha value is -1.54. The number of ether oxygens (including phenoxy) is 1. The fraction of sp³-hybridized carbons (Fsp3) is 0.143. The fourth-order valence-corrected chi connectivity index (χ4v) is 2.37. The lowest BCUT2D eigenvalue weighted by atomic mass is 10.3. The zero-order chi connectivity index (χ0) is 13.7. The zero-order valence-electron chi connectivity index (χ0n) is 9.95. The highest BCUT2D eigenvalue weighted by Gasteiger charge is 2.04. The monoisotopic (exact) mass is 295 g/mol. The minimum atomic E-state index is -0.382. The van der Waals surface area contributed by atoms with Crippen LogP contribution in [0.5, 0.6) is 5.75 Å². The first-order valence-electron chi connectivity index (χ1n) is 5.53. The molecule has 0 aliphatic carbocycles. The van der Waals surface area contributed by atoms with E-state index in [4.69, 9.17) is 22.1 Å². The predicted octanol–water partition coefficient (Wildman–Crippen LogP) is 3.43. The highest BCUT2D eigenvalue weighted by atomic mass is 35.5. The molecule has 0 amide bonds. The fourth-order valence-electron chi connectivity index (χ4n) is 1.42. The Balaban J connectivity index is 2.00. The number of hydrogen-bond donors (Lipinski definition) is 1. The van der Waals surface area contributed by atoms with Crippen molar-refractivity contribution in [1.82, 2.24) is 0 Å². The van der Waals surface area contributed by atoms with E-state index in [0.717, 1.165) is 10.4 Å². The van der Waals surface area contributed by atoms with Gasteiger partial charge in [0, 0.05) is 15.8 Å². The third-order valence-electron chi connectivity index (χ3n) is 2.25. The van der Waals surface area contributed by atoms with Gasteiger partial charge in [-0.2, -0.15) is 0 Å². The molecule has 0 fully saturated rings. The summed E-state index contributed by atoms with van der Waals surface area (Å²) >= 11 is 7.41. The van der Waals surface area contributed by atoms with Crippen LogP contribution in [0.25, 0.3) is 0 Å². The minimum absolute atomic E-state index is 0.264. The second-order valence-corrected chi connectivity index (χ2v) is 5.07. The molecule has 0 bridgehead atoms. The Morgan fingerprint density at radius 1 is 1.37 bits per heavy atom. The van der Waals surface area contributed by atoms with Crippen molar-refractivity contribution in [2.24, 2.45) is 5.73 Å². The van der Waals surface area contributed by atoms with Crippen LogP contribution in [0.1, 0.15) is 10.4 Å². The van der Waals surface area contributed by atoms with Crippen molar-refractivity contribution in [1.29, 1.82) is 0 Å². The van der Waals surface area contributed by atoms with Gasteiger partial charge in [0.2, 0.25) is 0 Å². The average Bonchev–Trinajstić information content (AvgIpc) is 2.83. The molecule has 0 spiro atoms. The maximum Gasteiger partial charge on any atom is 0.138 e. The average molecular weight is 296 g/mol. The minimum Gasteiger partial charge on any atom is -0.487 e. The van der Waals surface area contributed by atoms with Crippen LogP contribution in [0.15, 0.2) is 29.6 Å². The highest BCUT2D eigenvalue weighted by Crippen LogP contribution is 2.26. The van der Waals surface area contributed by atoms with Crippen LogP contribution in [0, 0.1) is 17.7 Å². The molecule has 0 radical (unpaired) electrons. The van der Waals surface area contributed by atoms with Crippen LogP contribution in [0.4, 0.5) is 4.39 Å². The molecule has 2 nitrogen and oxygen atoms in total. The van der Waals surface area contributed by atoms with Gasteiger partial charge in [0.25, 0.3) is 0 Å². The van der Waals surface area contributed by atoms with Crippen LogP contribution >= 0.6 is 22.9 Å². The number of benzene rings is 1. The maximum atomic E-state index is 12.9. The van der Waals surface area contributed by atoms with Crippen LogP contribution in [0.3, 0.4) is 0 Å². The molecule has 2 rings (SSSR count). The normalized spacial score (nSPS) is 9.84. The van der Waals surface area contributed by atoms with Crippen molar-refractivity contribution in [2.75, 3.05) is 6.54 Å². The van der Waals surface area contributed by atoms with E-state index in [1.807, 2.05) is 11.4 Å². The molecule has 2 N–H and O–H groups in total. The maximum absolute atomic E-state index is 12.9. The molecule has 5 heteroatoms. The summed E-state index contributed by atoms with van der Waals surface area (Å²) in [7, 11) is 0. The summed E-state index contributed by atoms with van der Waals surface area (Å²) < 4.78 is 18.4.